The Kier molecular flexibility index (Phi) is 7.77. The molecule has 3 heterocycles. The number of rotatable bonds is 11. The fraction of sp³-hybridized carbons (Fsp3) is 0.531. The molecule has 2 aromatic carbocycles. The van der Waals surface area contributed by atoms with Crippen molar-refractivity contribution in [3.8, 4) is 0 Å². The van der Waals surface area contributed by atoms with Crippen LogP contribution in [0, 0.1) is 17.8 Å². The Labute approximate surface area is 235 Å². The summed E-state index contributed by atoms with van der Waals surface area (Å²) in [6.45, 7) is 10.4. The molecule has 0 radical (unpaired) electrons. The number of anilines is 1. The predicted molar refractivity (Wildman–Crippen MR) is 153 cm³/mol. The number of ether oxygens (including phenoxy) is 2. The fourth-order valence-corrected chi connectivity index (χ4v) is 7.36. The molecule has 3 aliphatic rings. The number of benzene rings is 2. The molecule has 6 atom stereocenters. The van der Waals surface area contributed by atoms with Crippen molar-refractivity contribution in [3.63, 3.8) is 0 Å². The maximum absolute atomic E-state index is 14.7. The Morgan fingerprint density at radius 1 is 1.20 bits per heavy atom. The van der Waals surface area contributed by atoms with Crippen LogP contribution in [0.15, 0.2) is 55.1 Å². The van der Waals surface area contributed by atoms with Gasteiger partial charge in [0.2, 0.25) is 5.91 Å². The van der Waals surface area contributed by atoms with E-state index in [1.54, 1.807) is 22.8 Å². The number of unbranched alkanes of at least 4 members (excludes halogenated alkanes) is 2. The molecule has 3 unspecified atom stereocenters. The minimum Gasteiger partial charge on any atom is -0.466 e. The van der Waals surface area contributed by atoms with Crippen LogP contribution in [0.4, 0.5) is 5.69 Å². The van der Waals surface area contributed by atoms with Crippen LogP contribution in [0.3, 0.4) is 0 Å². The van der Waals surface area contributed by atoms with Gasteiger partial charge in [0.25, 0.3) is 5.91 Å². The van der Waals surface area contributed by atoms with Gasteiger partial charge in [0, 0.05) is 25.4 Å². The smallest absolute Gasteiger partial charge is 0.312 e. The zero-order chi connectivity index (χ0) is 28.7. The summed E-state index contributed by atoms with van der Waals surface area (Å²) in [5, 5.41) is 11.3. The first-order valence-electron chi connectivity index (χ1n) is 14.4. The van der Waals surface area contributed by atoms with E-state index in [1.165, 1.54) is 0 Å². The molecule has 2 aromatic rings. The Morgan fingerprint density at radius 2 is 1.95 bits per heavy atom. The minimum atomic E-state index is -1.13. The molecule has 8 heteroatoms. The van der Waals surface area contributed by atoms with Crippen molar-refractivity contribution in [3.05, 3.63) is 55.1 Å². The molecule has 1 N–H and O–H groups in total. The van der Waals surface area contributed by atoms with Crippen molar-refractivity contribution in [1.29, 1.82) is 0 Å². The third-order valence-electron chi connectivity index (χ3n) is 9.27. The van der Waals surface area contributed by atoms with Gasteiger partial charge in [-0.25, -0.2) is 0 Å². The zero-order valence-electron chi connectivity index (χ0n) is 23.7. The lowest BCUT2D eigenvalue weighted by Gasteiger charge is -2.37. The summed E-state index contributed by atoms with van der Waals surface area (Å²) in [6, 6.07) is 12.9. The van der Waals surface area contributed by atoms with E-state index in [0.717, 1.165) is 17.2 Å². The van der Waals surface area contributed by atoms with E-state index in [1.807, 2.05) is 56.3 Å². The monoisotopic (exact) mass is 548 g/mol. The Bertz CT molecular complexity index is 1310. The Morgan fingerprint density at radius 3 is 2.65 bits per heavy atom. The normalized spacial score (nSPS) is 30.5. The summed E-state index contributed by atoms with van der Waals surface area (Å²) in [5.74, 6) is -2.54. The first-order valence-corrected chi connectivity index (χ1v) is 14.4. The van der Waals surface area contributed by atoms with E-state index in [9.17, 15) is 19.5 Å². The topological polar surface area (TPSA) is 96.4 Å². The first kappa shape index (κ1) is 28.3. The number of carbonyl (C=O) groups is 3. The zero-order valence-corrected chi connectivity index (χ0v) is 23.7. The van der Waals surface area contributed by atoms with Gasteiger partial charge in [0.05, 0.1) is 18.1 Å². The number of amides is 2. The van der Waals surface area contributed by atoms with Gasteiger partial charge in [-0.15, -0.1) is 6.58 Å². The highest BCUT2D eigenvalue weighted by molar-refractivity contribution is 6.05. The molecule has 2 bridgehead atoms. The highest BCUT2D eigenvalue weighted by Gasteiger charge is 2.80. The first-order chi connectivity index (χ1) is 19.2. The second kappa shape index (κ2) is 11.0. The maximum atomic E-state index is 14.7. The lowest BCUT2D eigenvalue weighted by Crippen LogP contribution is -2.57. The summed E-state index contributed by atoms with van der Waals surface area (Å²) in [5.41, 5.74) is -1.32. The summed E-state index contributed by atoms with van der Waals surface area (Å²) < 4.78 is 12.2. The van der Waals surface area contributed by atoms with Crippen molar-refractivity contribution in [2.45, 2.75) is 63.7 Å². The molecule has 5 rings (SSSR count). The number of fused-ring (bicyclic) bond motifs is 2. The van der Waals surface area contributed by atoms with Crippen molar-refractivity contribution in [2.24, 2.45) is 17.8 Å². The molecule has 3 aliphatic heterocycles. The summed E-state index contributed by atoms with van der Waals surface area (Å²) in [7, 11) is 0. The number of hydrogen-bond acceptors (Lipinski definition) is 6. The quantitative estimate of drug-likeness (QED) is 0.258. The third-order valence-corrected chi connectivity index (χ3v) is 9.27. The van der Waals surface area contributed by atoms with E-state index in [-0.39, 0.29) is 37.5 Å². The van der Waals surface area contributed by atoms with Gasteiger partial charge in [0.15, 0.2) is 0 Å². The molecule has 214 valence electrons. The van der Waals surface area contributed by atoms with Crippen molar-refractivity contribution in [2.75, 3.05) is 31.2 Å². The number of esters is 1. The molecule has 3 saturated heterocycles. The fourth-order valence-electron chi connectivity index (χ4n) is 7.36. The summed E-state index contributed by atoms with van der Waals surface area (Å²) in [4.78, 5) is 45.6. The van der Waals surface area contributed by atoms with Crippen LogP contribution in [-0.2, 0) is 23.9 Å². The SMILES string of the molecule is C=CCN(C(=O)C1N(CCCCCO)C(=O)[C@@H]2[C@H](C(=O)OCC)[C@@]3(C)OC12CC3C)c1ccc2ccccc2c1. The summed E-state index contributed by atoms with van der Waals surface area (Å²) >= 11 is 0. The number of hydrogen-bond donors (Lipinski definition) is 1. The van der Waals surface area contributed by atoms with E-state index < -0.39 is 35.0 Å². The average molecular weight is 549 g/mol. The second-order valence-electron chi connectivity index (χ2n) is 11.5. The van der Waals surface area contributed by atoms with Crippen LogP contribution < -0.4 is 4.90 Å². The highest BCUT2D eigenvalue weighted by Crippen LogP contribution is 2.65. The summed E-state index contributed by atoms with van der Waals surface area (Å²) in [6.07, 6.45) is 4.15. The van der Waals surface area contributed by atoms with Crippen LogP contribution in [0.25, 0.3) is 10.8 Å². The minimum absolute atomic E-state index is 0.0517. The molecule has 3 fully saturated rings. The molecule has 1 spiro atoms. The molecule has 0 aromatic heterocycles. The van der Waals surface area contributed by atoms with Crippen LogP contribution in [0.5, 0.6) is 0 Å². The van der Waals surface area contributed by atoms with Crippen LogP contribution in [0.1, 0.15) is 46.5 Å². The van der Waals surface area contributed by atoms with Gasteiger partial charge in [-0.1, -0.05) is 43.3 Å². The molecule has 2 amide bonds. The predicted octanol–water partition coefficient (Wildman–Crippen LogP) is 4.10. The molecule has 0 saturated carbocycles. The Balaban J connectivity index is 1.58. The number of aliphatic hydroxyl groups excluding tert-OH is 1. The molecular weight excluding hydrogens is 508 g/mol. The number of nitrogens with zero attached hydrogens (tertiary/aromatic N) is 2. The number of carbonyl (C=O) groups excluding carboxylic acids is 3. The lowest BCUT2D eigenvalue weighted by atomic mass is 9.62. The van der Waals surface area contributed by atoms with Gasteiger partial charge in [-0.3, -0.25) is 14.4 Å². The largest absolute Gasteiger partial charge is 0.466 e. The van der Waals surface area contributed by atoms with Gasteiger partial charge in [-0.2, -0.15) is 0 Å². The van der Waals surface area contributed by atoms with Crippen molar-refractivity contribution < 1.29 is 29.0 Å². The molecule has 40 heavy (non-hydrogen) atoms. The van der Waals surface area contributed by atoms with Crippen LogP contribution >= 0.6 is 0 Å². The van der Waals surface area contributed by atoms with Crippen LogP contribution in [-0.4, -0.2) is 71.3 Å². The van der Waals surface area contributed by atoms with E-state index in [0.29, 0.717) is 31.5 Å². The van der Waals surface area contributed by atoms with Gasteiger partial charge >= 0.3 is 5.97 Å². The second-order valence-corrected chi connectivity index (χ2v) is 11.5. The molecule has 0 aliphatic carbocycles. The number of aliphatic hydroxyl groups is 1. The van der Waals surface area contributed by atoms with Crippen molar-refractivity contribution in [1.82, 2.24) is 4.90 Å². The van der Waals surface area contributed by atoms with Crippen LogP contribution in [0.2, 0.25) is 0 Å². The molecular formula is C32H40N2O6. The lowest BCUT2D eigenvalue weighted by molar-refractivity contribution is -0.161. The van der Waals surface area contributed by atoms with E-state index >= 15 is 0 Å². The number of likely N-dealkylation sites (tertiary alicyclic amines) is 1. The third kappa shape index (κ3) is 4.32. The van der Waals surface area contributed by atoms with Crippen molar-refractivity contribution >= 4 is 34.2 Å². The Hall–Kier alpha value is -3.23. The standard InChI is InChI=1S/C32H40N2O6/c1-5-16-33(24-15-14-22-12-8-9-13-23(22)19-24)29(37)27-32-20-21(3)31(4,40-32)26(30(38)39-6-2)25(32)28(36)34(27)17-10-7-11-18-35/h5,8-9,12-15,19,21,25-27,35H,1,6-7,10-11,16-18,20H2,2-4H3/t21?,25-,26+,27?,31-,32?/m0/s1. The maximum Gasteiger partial charge on any atom is 0.312 e. The average Bonchev–Trinajstić information content (AvgIpc) is 3.45. The molecule has 8 nitrogen and oxygen atoms in total. The van der Waals surface area contributed by atoms with Gasteiger partial charge in [-0.05, 0) is 68.4 Å². The van der Waals surface area contributed by atoms with E-state index in [2.05, 4.69) is 6.58 Å². The highest BCUT2D eigenvalue weighted by atomic mass is 16.6. The van der Waals surface area contributed by atoms with E-state index in [4.69, 9.17) is 9.47 Å². The van der Waals surface area contributed by atoms with Gasteiger partial charge in [0.1, 0.15) is 17.6 Å². The van der Waals surface area contributed by atoms with Gasteiger partial charge < -0.3 is 24.4 Å².